The average molecular weight is 312 g/mol. The summed E-state index contributed by atoms with van der Waals surface area (Å²) < 4.78 is 39.3. The number of nitrogens with zero attached hydrogens (tertiary/aromatic N) is 3. The Labute approximate surface area is 123 Å². The number of benzene rings is 1. The maximum absolute atomic E-state index is 12.5. The summed E-state index contributed by atoms with van der Waals surface area (Å²) in [6.45, 7) is 0. The monoisotopic (exact) mass is 312 g/mol. The van der Waals surface area contributed by atoms with Gasteiger partial charge >= 0.3 is 6.18 Å². The summed E-state index contributed by atoms with van der Waals surface area (Å²) in [5.74, 6) is 1.13. The minimum absolute atomic E-state index is 0.364. The van der Waals surface area contributed by atoms with Crippen LogP contribution in [0.2, 0.25) is 0 Å². The highest BCUT2D eigenvalue weighted by Gasteiger charge is 2.30. The zero-order valence-corrected chi connectivity index (χ0v) is 11.6. The molecule has 1 aromatic heterocycles. The molecular formula is C13H11F3N4S. The van der Waals surface area contributed by atoms with Crippen molar-refractivity contribution in [2.75, 3.05) is 0 Å². The van der Waals surface area contributed by atoms with Crippen LogP contribution in [0, 0.1) is 4.77 Å². The Morgan fingerprint density at radius 3 is 2.52 bits per heavy atom. The molecule has 0 unspecified atom stereocenters. The first-order valence-electron chi connectivity index (χ1n) is 6.34. The molecule has 8 heteroatoms. The van der Waals surface area contributed by atoms with Gasteiger partial charge in [0, 0.05) is 5.92 Å². The fourth-order valence-electron chi connectivity index (χ4n) is 1.90. The molecule has 1 fully saturated rings. The van der Waals surface area contributed by atoms with Crippen LogP contribution in [0.25, 0.3) is 0 Å². The van der Waals surface area contributed by atoms with E-state index in [1.165, 1.54) is 23.0 Å². The van der Waals surface area contributed by atoms with E-state index in [4.69, 9.17) is 12.2 Å². The molecule has 4 nitrogen and oxygen atoms in total. The van der Waals surface area contributed by atoms with Crippen LogP contribution in [0.3, 0.4) is 0 Å². The topological polar surface area (TPSA) is 46.0 Å². The summed E-state index contributed by atoms with van der Waals surface area (Å²) >= 11 is 5.09. The lowest BCUT2D eigenvalue weighted by Crippen LogP contribution is -2.04. The molecule has 0 spiro atoms. The van der Waals surface area contributed by atoms with Gasteiger partial charge in [-0.3, -0.25) is 5.10 Å². The molecule has 0 radical (unpaired) electrons. The van der Waals surface area contributed by atoms with Gasteiger partial charge in [-0.2, -0.15) is 28.0 Å². The van der Waals surface area contributed by atoms with Crippen molar-refractivity contribution < 1.29 is 13.2 Å². The Morgan fingerprint density at radius 1 is 1.29 bits per heavy atom. The second-order valence-corrected chi connectivity index (χ2v) is 5.22. The maximum Gasteiger partial charge on any atom is 0.416 e. The molecule has 3 rings (SSSR count). The van der Waals surface area contributed by atoms with Crippen LogP contribution >= 0.6 is 12.2 Å². The van der Waals surface area contributed by atoms with Crippen LogP contribution in [0.4, 0.5) is 13.2 Å². The summed E-state index contributed by atoms with van der Waals surface area (Å²) in [5, 5.41) is 11.0. The Balaban J connectivity index is 1.83. The lowest BCUT2D eigenvalue weighted by molar-refractivity contribution is -0.137. The third kappa shape index (κ3) is 3.05. The highest BCUT2D eigenvalue weighted by molar-refractivity contribution is 7.71. The summed E-state index contributed by atoms with van der Waals surface area (Å²) in [4.78, 5) is 0. The van der Waals surface area contributed by atoms with Crippen molar-refractivity contribution in [3.63, 3.8) is 0 Å². The highest BCUT2D eigenvalue weighted by Crippen LogP contribution is 2.38. The number of hydrogen-bond donors (Lipinski definition) is 1. The summed E-state index contributed by atoms with van der Waals surface area (Å²) in [6.07, 6.45) is -0.760. The first-order valence-corrected chi connectivity index (χ1v) is 6.75. The number of aromatic amines is 1. The van der Waals surface area contributed by atoms with Crippen molar-refractivity contribution in [2.45, 2.75) is 24.9 Å². The fraction of sp³-hybridized carbons (Fsp3) is 0.308. The third-order valence-electron chi connectivity index (χ3n) is 3.18. The van der Waals surface area contributed by atoms with Gasteiger partial charge in [0.25, 0.3) is 0 Å². The Kier molecular flexibility index (Phi) is 3.40. The third-order valence-corrected chi connectivity index (χ3v) is 3.44. The SMILES string of the molecule is FC(F)(F)c1ccc(/C=N\n2c(C3CC3)n[nH]c2=S)cc1. The van der Waals surface area contributed by atoms with Gasteiger partial charge in [0.2, 0.25) is 4.77 Å². The van der Waals surface area contributed by atoms with Gasteiger partial charge in [-0.05, 0) is 42.8 Å². The van der Waals surface area contributed by atoms with E-state index in [0.29, 0.717) is 16.3 Å². The van der Waals surface area contributed by atoms with Gasteiger partial charge in [-0.15, -0.1) is 0 Å². The molecule has 1 aliphatic carbocycles. The zero-order valence-electron chi connectivity index (χ0n) is 10.8. The molecule has 21 heavy (non-hydrogen) atoms. The van der Waals surface area contributed by atoms with E-state index in [1.807, 2.05) is 0 Å². The standard InChI is InChI=1S/C13H11F3N4S/c14-13(15,16)10-5-1-8(2-6-10)7-17-20-11(9-3-4-9)18-19-12(20)21/h1-2,5-7,9H,3-4H2,(H,19,21)/b17-7-. The van der Waals surface area contributed by atoms with Crippen molar-refractivity contribution >= 4 is 18.4 Å². The van der Waals surface area contributed by atoms with Crippen molar-refractivity contribution in [1.82, 2.24) is 14.9 Å². The number of alkyl halides is 3. The molecule has 1 aliphatic rings. The molecule has 1 saturated carbocycles. The minimum atomic E-state index is -4.33. The number of nitrogens with one attached hydrogen (secondary N) is 1. The minimum Gasteiger partial charge on any atom is -0.250 e. The van der Waals surface area contributed by atoms with Gasteiger partial charge in [0.1, 0.15) is 0 Å². The van der Waals surface area contributed by atoms with Crippen LogP contribution < -0.4 is 0 Å². The average Bonchev–Trinajstić information content (AvgIpc) is 3.21. The van der Waals surface area contributed by atoms with E-state index in [1.54, 1.807) is 0 Å². The number of aromatic nitrogens is 3. The first kappa shape index (κ1) is 14.0. The molecule has 0 aliphatic heterocycles. The van der Waals surface area contributed by atoms with Crippen LogP contribution in [0.5, 0.6) is 0 Å². The Hall–Kier alpha value is -1.96. The molecule has 0 amide bonds. The zero-order chi connectivity index (χ0) is 15.0. The quantitative estimate of drug-likeness (QED) is 0.693. The van der Waals surface area contributed by atoms with Crippen LogP contribution in [0.15, 0.2) is 29.4 Å². The van der Waals surface area contributed by atoms with E-state index >= 15 is 0 Å². The number of hydrogen-bond acceptors (Lipinski definition) is 3. The molecule has 110 valence electrons. The molecule has 0 saturated heterocycles. The summed E-state index contributed by atoms with van der Waals surface area (Å²) in [6, 6.07) is 4.79. The lowest BCUT2D eigenvalue weighted by Gasteiger charge is -2.05. The van der Waals surface area contributed by atoms with Gasteiger partial charge in [0.05, 0.1) is 11.8 Å². The molecule has 0 atom stereocenters. The number of rotatable bonds is 3. The lowest BCUT2D eigenvalue weighted by atomic mass is 10.1. The molecular weight excluding hydrogens is 301 g/mol. The molecule has 1 heterocycles. The predicted molar refractivity (Wildman–Crippen MR) is 73.8 cm³/mol. The van der Waals surface area contributed by atoms with Crippen molar-refractivity contribution in [2.24, 2.45) is 5.10 Å². The van der Waals surface area contributed by atoms with Crippen molar-refractivity contribution in [3.8, 4) is 0 Å². The van der Waals surface area contributed by atoms with Crippen molar-refractivity contribution in [3.05, 3.63) is 46.0 Å². The summed E-state index contributed by atoms with van der Waals surface area (Å²) in [7, 11) is 0. The normalized spacial score (nSPS) is 15.8. The first-order chi connectivity index (χ1) is 9.95. The van der Waals surface area contributed by atoms with E-state index in [0.717, 1.165) is 30.8 Å². The molecule has 1 aromatic carbocycles. The largest absolute Gasteiger partial charge is 0.416 e. The molecule has 2 aromatic rings. The second kappa shape index (κ2) is 5.10. The summed E-state index contributed by atoms with van der Waals surface area (Å²) in [5.41, 5.74) is -0.119. The van der Waals surface area contributed by atoms with E-state index in [-0.39, 0.29) is 0 Å². The van der Waals surface area contributed by atoms with Crippen LogP contribution in [-0.4, -0.2) is 21.1 Å². The Morgan fingerprint density at radius 2 is 1.95 bits per heavy atom. The number of H-pyrrole nitrogens is 1. The van der Waals surface area contributed by atoms with Crippen molar-refractivity contribution in [1.29, 1.82) is 0 Å². The molecule has 1 N–H and O–H groups in total. The predicted octanol–water partition coefficient (Wildman–Crippen LogP) is 3.72. The highest BCUT2D eigenvalue weighted by atomic mass is 32.1. The maximum atomic E-state index is 12.5. The fourth-order valence-corrected chi connectivity index (χ4v) is 2.09. The Bertz CT molecular complexity index is 723. The van der Waals surface area contributed by atoms with Gasteiger partial charge in [0.15, 0.2) is 5.82 Å². The van der Waals surface area contributed by atoms with Crippen LogP contribution in [-0.2, 0) is 6.18 Å². The second-order valence-electron chi connectivity index (χ2n) is 4.84. The van der Waals surface area contributed by atoms with Gasteiger partial charge in [-0.25, -0.2) is 0 Å². The van der Waals surface area contributed by atoms with E-state index in [2.05, 4.69) is 15.3 Å². The number of halogens is 3. The molecule has 0 bridgehead atoms. The van der Waals surface area contributed by atoms with E-state index < -0.39 is 11.7 Å². The smallest absolute Gasteiger partial charge is 0.250 e. The van der Waals surface area contributed by atoms with Crippen LogP contribution in [0.1, 0.15) is 35.7 Å². The van der Waals surface area contributed by atoms with E-state index in [9.17, 15) is 13.2 Å². The van der Waals surface area contributed by atoms with Gasteiger partial charge in [-0.1, -0.05) is 12.1 Å². The van der Waals surface area contributed by atoms with Gasteiger partial charge < -0.3 is 0 Å².